The molecule has 0 spiro atoms. The second-order valence-electron chi connectivity index (χ2n) is 4.59. The molecule has 0 aromatic carbocycles. The lowest BCUT2D eigenvalue weighted by Crippen LogP contribution is -2.38. The van der Waals surface area contributed by atoms with Crippen LogP contribution in [0.3, 0.4) is 0 Å². The Morgan fingerprint density at radius 1 is 1.44 bits per heavy atom. The predicted octanol–water partition coefficient (Wildman–Crippen LogP) is 2.66. The van der Waals surface area contributed by atoms with E-state index in [1.165, 1.54) is 5.69 Å². The number of halogens is 1. The van der Waals surface area contributed by atoms with Crippen molar-refractivity contribution in [3.8, 4) is 0 Å². The molecule has 0 amide bonds. The Balaban J connectivity index is 2.83. The second-order valence-corrected chi connectivity index (χ2v) is 5.39. The zero-order chi connectivity index (χ0) is 13.7. The van der Waals surface area contributed by atoms with Gasteiger partial charge in [-0.25, -0.2) is 0 Å². The highest BCUT2D eigenvalue weighted by molar-refractivity contribution is 9.10. The van der Waals surface area contributed by atoms with Crippen molar-refractivity contribution >= 4 is 15.9 Å². The lowest BCUT2D eigenvalue weighted by molar-refractivity contribution is 0.0720. The number of nitrogens with two attached hydrogens (primary N) is 1. The van der Waals surface area contributed by atoms with Gasteiger partial charge in [-0.15, -0.1) is 0 Å². The molecule has 1 aromatic rings. The molecule has 0 fully saturated rings. The van der Waals surface area contributed by atoms with Crippen molar-refractivity contribution in [1.29, 1.82) is 0 Å². The van der Waals surface area contributed by atoms with Crippen LogP contribution in [0.4, 0.5) is 0 Å². The van der Waals surface area contributed by atoms with Crippen molar-refractivity contribution in [3.63, 3.8) is 0 Å². The van der Waals surface area contributed by atoms with E-state index in [-0.39, 0.29) is 12.1 Å². The van der Waals surface area contributed by atoms with Crippen molar-refractivity contribution < 1.29 is 4.74 Å². The van der Waals surface area contributed by atoms with Gasteiger partial charge in [-0.2, -0.15) is 5.10 Å². The van der Waals surface area contributed by atoms with Gasteiger partial charge in [0.05, 0.1) is 22.0 Å². The fraction of sp³-hybridized carbons (Fsp3) is 0.769. The molecular weight excluding hydrogens is 294 g/mol. The Kier molecular flexibility index (Phi) is 6.32. The molecule has 2 atom stereocenters. The van der Waals surface area contributed by atoms with Crippen LogP contribution >= 0.6 is 15.9 Å². The highest BCUT2D eigenvalue weighted by Crippen LogP contribution is 2.23. The van der Waals surface area contributed by atoms with Crippen LogP contribution < -0.4 is 5.73 Å². The van der Waals surface area contributed by atoms with Crippen molar-refractivity contribution in [2.45, 2.75) is 58.7 Å². The van der Waals surface area contributed by atoms with Gasteiger partial charge >= 0.3 is 0 Å². The Morgan fingerprint density at radius 3 is 2.61 bits per heavy atom. The van der Waals surface area contributed by atoms with E-state index in [4.69, 9.17) is 10.5 Å². The zero-order valence-corrected chi connectivity index (χ0v) is 13.3. The molecule has 0 aliphatic heterocycles. The molecule has 1 heterocycles. The maximum absolute atomic E-state index is 6.26. The summed E-state index contributed by atoms with van der Waals surface area (Å²) in [5, 5.41) is 4.49. The van der Waals surface area contributed by atoms with Crippen LogP contribution in [0.5, 0.6) is 0 Å². The Hall–Kier alpha value is -0.390. The first-order chi connectivity index (χ1) is 8.54. The van der Waals surface area contributed by atoms with E-state index in [1.54, 1.807) is 7.11 Å². The Labute approximate surface area is 118 Å². The summed E-state index contributed by atoms with van der Waals surface area (Å²) in [6, 6.07) is 0.00708. The summed E-state index contributed by atoms with van der Waals surface area (Å²) in [7, 11) is 1.73. The molecule has 1 rings (SSSR count). The van der Waals surface area contributed by atoms with Crippen LogP contribution in [-0.2, 0) is 17.7 Å². The third-order valence-electron chi connectivity index (χ3n) is 3.24. The highest BCUT2D eigenvalue weighted by Gasteiger charge is 2.21. The molecule has 1 aromatic heterocycles. The van der Waals surface area contributed by atoms with Gasteiger partial charge in [0.15, 0.2) is 0 Å². The van der Waals surface area contributed by atoms with E-state index < -0.39 is 0 Å². The van der Waals surface area contributed by atoms with Gasteiger partial charge in [0.25, 0.3) is 0 Å². The van der Waals surface area contributed by atoms with Gasteiger partial charge in [-0.3, -0.25) is 4.68 Å². The second kappa shape index (κ2) is 7.26. The van der Waals surface area contributed by atoms with Gasteiger partial charge in [-0.05, 0) is 36.2 Å². The molecule has 0 radical (unpaired) electrons. The smallest absolute Gasteiger partial charge is 0.0738 e. The third kappa shape index (κ3) is 3.56. The van der Waals surface area contributed by atoms with Gasteiger partial charge < -0.3 is 10.5 Å². The molecule has 2 N–H and O–H groups in total. The van der Waals surface area contributed by atoms with E-state index in [0.29, 0.717) is 0 Å². The summed E-state index contributed by atoms with van der Waals surface area (Å²) in [5.74, 6) is 0. The van der Waals surface area contributed by atoms with Gasteiger partial charge in [-0.1, -0.05) is 13.3 Å². The van der Waals surface area contributed by atoms with E-state index in [9.17, 15) is 0 Å². The highest BCUT2D eigenvalue weighted by atomic mass is 79.9. The molecule has 0 saturated carbocycles. The van der Waals surface area contributed by atoms with Crippen molar-refractivity contribution in [1.82, 2.24) is 9.78 Å². The molecule has 5 heteroatoms. The van der Waals surface area contributed by atoms with Crippen molar-refractivity contribution in [2.75, 3.05) is 7.11 Å². The molecule has 0 bridgehead atoms. The van der Waals surface area contributed by atoms with Crippen molar-refractivity contribution in [2.24, 2.45) is 5.73 Å². The Morgan fingerprint density at radius 2 is 2.11 bits per heavy atom. The molecular formula is C13H24BrN3O. The lowest BCUT2D eigenvalue weighted by atomic mass is 10.0. The summed E-state index contributed by atoms with van der Waals surface area (Å²) < 4.78 is 8.56. The molecule has 18 heavy (non-hydrogen) atoms. The van der Waals surface area contributed by atoms with E-state index in [2.05, 4.69) is 34.9 Å². The molecule has 0 saturated heterocycles. The van der Waals surface area contributed by atoms with E-state index in [1.807, 2.05) is 11.6 Å². The average molecular weight is 318 g/mol. The number of hydrogen-bond acceptors (Lipinski definition) is 3. The van der Waals surface area contributed by atoms with Crippen LogP contribution in [0.1, 0.15) is 38.1 Å². The van der Waals surface area contributed by atoms with Gasteiger partial charge in [0.1, 0.15) is 0 Å². The van der Waals surface area contributed by atoms with E-state index >= 15 is 0 Å². The minimum absolute atomic E-state index is 0.00708. The van der Waals surface area contributed by atoms with E-state index in [0.717, 1.165) is 36.0 Å². The minimum atomic E-state index is 0.00708. The number of aromatic nitrogens is 2. The van der Waals surface area contributed by atoms with Crippen LogP contribution in [0.15, 0.2) is 4.47 Å². The number of ether oxygens (including phenoxy) is 1. The fourth-order valence-corrected chi connectivity index (χ4v) is 2.66. The maximum Gasteiger partial charge on any atom is 0.0738 e. The van der Waals surface area contributed by atoms with Crippen molar-refractivity contribution in [3.05, 3.63) is 15.9 Å². The van der Waals surface area contributed by atoms with Crippen LogP contribution in [0.25, 0.3) is 0 Å². The first-order valence-electron chi connectivity index (χ1n) is 6.55. The van der Waals surface area contributed by atoms with Crippen LogP contribution in [-0.4, -0.2) is 29.0 Å². The molecule has 4 nitrogen and oxygen atoms in total. The van der Waals surface area contributed by atoms with Crippen LogP contribution in [0, 0.1) is 6.92 Å². The molecule has 0 aliphatic rings. The number of aryl methyl sites for hydroxylation is 2. The number of hydrogen-bond donors (Lipinski definition) is 1. The fourth-order valence-electron chi connectivity index (χ4n) is 2.21. The number of methoxy groups -OCH3 is 1. The summed E-state index contributed by atoms with van der Waals surface area (Å²) >= 11 is 3.60. The van der Waals surface area contributed by atoms with Gasteiger partial charge in [0.2, 0.25) is 0 Å². The first-order valence-corrected chi connectivity index (χ1v) is 7.34. The summed E-state index contributed by atoms with van der Waals surface area (Å²) in [6.45, 7) is 7.11. The number of rotatable bonds is 7. The quantitative estimate of drug-likeness (QED) is 0.841. The topological polar surface area (TPSA) is 53.1 Å². The first kappa shape index (κ1) is 15.7. The largest absolute Gasteiger partial charge is 0.380 e. The molecule has 0 aliphatic carbocycles. The minimum Gasteiger partial charge on any atom is -0.380 e. The monoisotopic (exact) mass is 317 g/mol. The SMILES string of the molecule is CCCC(OC)C(N)Cc1c(Br)c(C)nn1CC. The van der Waals surface area contributed by atoms with Crippen LogP contribution in [0.2, 0.25) is 0 Å². The maximum atomic E-state index is 6.26. The molecule has 2 unspecified atom stereocenters. The standard InChI is InChI=1S/C13H24BrN3O/c1-5-7-12(18-4)10(15)8-11-13(14)9(3)16-17(11)6-2/h10,12H,5-8,15H2,1-4H3. The normalized spacial score (nSPS) is 14.8. The molecule has 104 valence electrons. The lowest BCUT2D eigenvalue weighted by Gasteiger charge is -2.22. The number of nitrogens with zero attached hydrogens (tertiary/aromatic N) is 2. The third-order valence-corrected chi connectivity index (χ3v) is 4.27. The summed E-state index contributed by atoms with van der Waals surface area (Å²) in [6.07, 6.45) is 2.98. The summed E-state index contributed by atoms with van der Waals surface area (Å²) in [5.41, 5.74) is 8.45. The zero-order valence-electron chi connectivity index (χ0n) is 11.7. The predicted molar refractivity (Wildman–Crippen MR) is 77.7 cm³/mol. The average Bonchev–Trinajstić information content (AvgIpc) is 2.63. The Bertz CT molecular complexity index is 379. The summed E-state index contributed by atoms with van der Waals surface area (Å²) in [4.78, 5) is 0. The van der Waals surface area contributed by atoms with Gasteiger partial charge in [0, 0.05) is 26.1 Å².